The highest BCUT2D eigenvalue weighted by Crippen LogP contribution is 2.18. The van der Waals surface area contributed by atoms with E-state index in [1.165, 1.54) is 6.92 Å². The Kier molecular flexibility index (Phi) is 4.57. The van der Waals surface area contributed by atoms with Crippen molar-refractivity contribution in [3.8, 4) is 5.75 Å². The number of ether oxygens (including phenoxy) is 2. The maximum atomic E-state index is 11.9. The first-order valence-electron chi connectivity index (χ1n) is 4.98. The molecule has 1 rings (SSSR count). The molecule has 1 aromatic rings. The zero-order chi connectivity index (χ0) is 12.9. The monoisotopic (exact) mass is 246 g/mol. The smallest absolute Gasteiger partial charge is 0.411 e. The molecule has 0 aromatic heterocycles. The Balaban J connectivity index is 2.50. The molecule has 0 N–H and O–H groups in total. The zero-order valence-electron chi connectivity index (χ0n) is 9.33. The lowest BCUT2D eigenvalue weighted by Crippen LogP contribution is -2.25. The number of alkyl halides is 3. The highest BCUT2D eigenvalue weighted by atomic mass is 19.4. The minimum Gasteiger partial charge on any atom is -0.465 e. The summed E-state index contributed by atoms with van der Waals surface area (Å²) in [6.45, 7) is 3.67. The molecule has 1 unspecified atom stereocenters. The van der Waals surface area contributed by atoms with Crippen molar-refractivity contribution < 1.29 is 22.6 Å². The van der Waals surface area contributed by atoms with Crippen LogP contribution in [0.5, 0.6) is 5.75 Å². The molecule has 0 aliphatic rings. The summed E-state index contributed by atoms with van der Waals surface area (Å²) in [6.07, 6.45) is -3.69. The Hall–Kier alpha value is -1.49. The molecule has 0 saturated heterocycles. The summed E-state index contributed by atoms with van der Waals surface area (Å²) in [4.78, 5) is 0. The number of hydrogen-bond acceptors (Lipinski definition) is 2. The Morgan fingerprint density at radius 3 is 2.71 bits per heavy atom. The van der Waals surface area contributed by atoms with Crippen LogP contribution in [0.2, 0.25) is 0 Å². The lowest BCUT2D eigenvalue weighted by molar-refractivity contribution is -0.206. The van der Waals surface area contributed by atoms with E-state index in [1.54, 1.807) is 30.3 Å². The maximum Gasteiger partial charge on any atom is 0.411 e. The summed E-state index contributed by atoms with van der Waals surface area (Å²) >= 11 is 0. The van der Waals surface area contributed by atoms with Crippen molar-refractivity contribution >= 4 is 6.08 Å². The summed E-state index contributed by atoms with van der Waals surface area (Å²) in [5, 5.41) is 0. The summed E-state index contributed by atoms with van der Waals surface area (Å²) in [5.41, 5.74) is 0.825. The van der Waals surface area contributed by atoms with Crippen molar-refractivity contribution in [1.29, 1.82) is 0 Å². The molecule has 0 bridgehead atoms. The van der Waals surface area contributed by atoms with Gasteiger partial charge in [0.2, 0.25) is 0 Å². The van der Waals surface area contributed by atoms with E-state index in [0.29, 0.717) is 5.75 Å². The predicted molar refractivity (Wildman–Crippen MR) is 58.6 cm³/mol. The molecule has 17 heavy (non-hydrogen) atoms. The van der Waals surface area contributed by atoms with Crippen molar-refractivity contribution in [2.45, 2.75) is 19.4 Å². The van der Waals surface area contributed by atoms with Crippen LogP contribution in [0.15, 0.2) is 30.8 Å². The number of halogens is 3. The molecule has 1 atom stereocenters. The predicted octanol–water partition coefficient (Wildman–Crippen LogP) is 3.63. The Morgan fingerprint density at radius 2 is 2.12 bits per heavy atom. The van der Waals surface area contributed by atoms with Gasteiger partial charge in [0.05, 0.1) is 0 Å². The molecule has 2 nitrogen and oxygen atoms in total. The first-order valence-corrected chi connectivity index (χ1v) is 4.98. The molecule has 0 aliphatic carbocycles. The fourth-order valence-corrected chi connectivity index (χ4v) is 1.15. The molecule has 0 radical (unpaired) electrons. The molecule has 0 aliphatic heterocycles. The molecule has 0 heterocycles. The van der Waals surface area contributed by atoms with Crippen molar-refractivity contribution in [2.24, 2.45) is 0 Å². The average Bonchev–Trinajstić information content (AvgIpc) is 2.26. The third-order valence-electron chi connectivity index (χ3n) is 1.88. The first kappa shape index (κ1) is 13.6. The van der Waals surface area contributed by atoms with Crippen LogP contribution in [0.4, 0.5) is 13.2 Å². The lowest BCUT2D eigenvalue weighted by atomic mass is 10.2. The quantitative estimate of drug-likeness (QED) is 0.738. The average molecular weight is 246 g/mol. The topological polar surface area (TPSA) is 18.5 Å². The molecule has 0 saturated carbocycles. The minimum absolute atomic E-state index is 0.442. The molecule has 0 spiro atoms. The second kappa shape index (κ2) is 5.72. The third kappa shape index (κ3) is 5.40. The van der Waals surface area contributed by atoms with Gasteiger partial charge in [0.15, 0.2) is 6.29 Å². The van der Waals surface area contributed by atoms with Crippen molar-refractivity contribution in [1.82, 2.24) is 0 Å². The standard InChI is InChI=1S/C12H13F3O2/c1-3-10-5-4-6-11(7-10)17-9(2)16-8-12(13,14)15/h3-7,9H,1,8H2,2H3. The van der Waals surface area contributed by atoms with Gasteiger partial charge in [-0.25, -0.2) is 0 Å². The van der Waals surface area contributed by atoms with Crippen LogP contribution < -0.4 is 4.74 Å². The van der Waals surface area contributed by atoms with Gasteiger partial charge < -0.3 is 9.47 Å². The van der Waals surface area contributed by atoms with Crippen molar-refractivity contribution in [3.05, 3.63) is 36.4 Å². The summed E-state index contributed by atoms with van der Waals surface area (Å²) in [6, 6.07) is 6.84. The van der Waals surface area contributed by atoms with Crippen LogP contribution in [0.1, 0.15) is 12.5 Å². The molecular weight excluding hydrogens is 233 g/mol. The zero-order valence-corrected chi connectivity index (χ0v) is 9.33. The first-order chi connectivity index (χ1) is 7.90. The summed E-state index contributed by atoms with van der Waals surface area (Å²) in [5.74, 6) is 0.442. The highest BCUT2D eigenvalue weighted by molar-refractivity contribution is 5.49. The van der Waals surface area contributed by atoms with Gasteiger partial charge in [0.25, 0.3) is 0 Å². The van der Waals surface area contributed by atoms with Crippen molar-refractivity contribution in [2.75, 3.05) is 6.61 Å². The number of rotatable bonds is 5. The van der Waals surface area contributed by atoms with E-state index in [9.17, 15) is 13.2 Å². The largest absolute Gasteiger partial charge is 0.465 e. The van der Waals surface area contributed by atoms with E-state index in [4.69, 9.17) is 4.74 Å². The van der Waals surface area contributed by atoms with Crippen LogP contribution in [-0.2, 0) is 4.74 Å². The van der Waals surface area contributed by atoms with Crippen LogP contribution in [0.25, 0.3) is 6.08 Å². The third-order valence-corrected chi connectivity index (χ3v) is 1.88. The van der Waals surface area contributed by atoms with E-state index in [2.05, 4.69) is 11.3 Å². The summed E-state index contributed by atoms with van der Waals surface area (Å²) < 4.78 is 45.3. The number of hydrogen-bond donors (Lipinski definition) is 0. The normalized spacial score (nSPS) is 13.2. The minimum atomic E-state index is -4.35. The number of benzene rings is 1. The van der Waals surface area contributed by atoms with E-state index in [1.807, 2.05) is 0 Å². The Morgan fingerprint density at radius 1 is 1.41 bits per heavy atom. The van der Waals surface area contributed by atoms with Gasteiger partial charge in [-0.1, -0.05) is 24.8 Å². The van der Waals surface area contributed by atoms with Gasteiger partial charge in [-0.3, -0.25) is 0 Å². The van der Waals surface area contributed by atoms with Gasteiger partial charge in [0.1, 0.15) is 12.4 Å². The Labute approximate surface area is 97.7 Å². The lowest BCUT2D eigenvalue weighted by Gasteiger charge is -2.16. The van der Waals surface area contributed by atoms with Gasteiger partial charge in [-0.15, -0.1) is 0 Å². The molecule has 0 fully saturated rings. The van der Waals surface area contributed by atoms with Gasteiger partial charge in [-0.05, 0) is 24.6 Å². The van der Waals surface area contributed by atoms with Crippen molar-refractivity contribution in [3.63, 3.8) is 0 Å². The van der Waals surface area contributed by atoms with Crippen LogP contribution in [0.3, 0.4) is 0 Å². The molecule has 0 amide bonds. The SMILES string of the molecule is C=Cc1cccc(OC(C)OCC(F)(F)F)c1. The van der Waals surface area contributed by atoms with Gasteiger partial charge in [0, 0.05) is 0 Å². The van der Waals surface area contributed by atoms with E-state index >= 15 is 0 Å². The van der Waals surface area contributed by atoms with Crippen LogP contribution in [0, 0.1) is 0 Å². The maximum absolute atomic E-state index is 11.9. The molecule has 94 valence electrons. The summed E-state index contributed by atoms with van der Waals surface area (Å²) in [7, 11) is 0. The fraction of sp³-hybridized carbons (Fsp3) is 0.333. The van der Waals surface area contributed by atoms with E-state index in [-0.39, 0.29) is 0 Å². The highest BCUT2D eigenvalue weighted by Gasteiger charge is 2.28. The van der Waals surface area contributed by atoms with E-state index < -0.39 is 19.1 Å². The second-order valence-electron chi connectivity index (χ2n) is 3.39. The van der Waals surface area contributed by atoms with E-state index in [0.717, 1.165) is 5.56 Å². The molecule has 1 aromatic carbocycles. The Bertz CT molecular complexity index is 374. The van der Waals surface area contributed by atoms with Gasteiger partial charge in [-0.2, -0.15) is 13.2 Å². The van der Waals surface area contributed by atoms with Crippen LogP contribution in [-0.4, -0.2) is 19.1 Å². The fourth-order valence-electron chi connectivity index (χ4n) is 1.15. The van der Waals surface area contributed by atoms with Gasteiger partial charge >= 0.3 is 6.18 Å². The van der Waals surface area contributed by atoms with Crippen LogP contribution >= 0.6 is 0 Å². The molecular formula is C12H13F3O2. The molecule has 5 heteroatoms. The second-order valence-corrected chi connectivity index (χ2v) is 3.39.